The van der Waals surface area contributed by atoms with E-state index in [1.165, 1.54) is 0 Å². The van der Waals surface area contributed by atoms with Crippen LogP contribution in [0.4, 0.5) is 0 Å². The highest BCUT2D eigenvalue weighted by Gasteiger charge is 2.25. The maximum atomic E-state index is 12.6. The fourth-order valence-corrected chi connectivity index (χ4v) is 3.61. The average molecular weight is 378 g/mol. The Kier molecular flexibility index (Phi) is 5.27. The molecule has 1 amide bonds. The molecule has 3 aromatic heterocycles. The Morgan fingerprint density at radius 2 is 1.96 bits per heavy atom. The number of hydrogen-bond acceptors (Lipinski definition) is 6. The molecule has 3 heterocycles. The quantitative estimate of drug-likeness (QED) is 0.733. The molecule has 3 aromatic rings. The van der Waals surface area contributed by atoms with E-state index in [-0.39, 0.29) is 11.9 Å². The molecule has 28 heavy (non-hydrogen) atoms. The zero-order valence-corrected chi connectivity index (χ0v) is 15.7. The Labute approximate surface area is 163 Å². The number of carbonyl (C=O) groups is 1. The largest absolute Gasteiger partial charge is 0.494 e. The Hall–Kier alpha value is -3.29. The third-order valence-electron chi connectivity index (χ3n) is 5.13. The summed E-state index contributed by atoms with van der Waals surface area (Å²) in [7, 11) is 1.54. The molecule has 0 saturated heterocycles. The molecule has 0 unspecified atom stereocenters. The molecular formula is C20H22N6O2. The van der Waals surface area contributed by atoms with Gasteiger partial charge in [0.05, 0.1) is 36.8 Å². The van der Waals surface area contributed by atoms with E-state index in [1.54, 1.807) is 38.1 Å². The van der Waals surface area contributed by atoms with Crippen molar-refractivity contribution in [2.45, 2.75) is 37.8 Å². The van der Waals surface area contributed by atoms with Gasteiger partial charge in [-0.05, 0) is 37.8 Å². The minimum Gasteiger partial charge on any atom is -0.494 e. The van der Waals surface area contributed by atoms with Gasteiger partial charge in [-0.2, -0.15) is 5.10 Å². The van der Waals surface area contributed by atoms with E-state index in [2.05, 4.69) is 25.4 Å². The Morgan fingerprint density at radius 3 is 2.71 bits per heavy atom. The van der Waals surface area contributed by atoms with E-state index in [4.69, 9.17) is 4.74 Å². The molecule has 1 saturated carbocycles. The molecule has 0 aliphatic heterocycles. The number of amides is 1. The first kappa shape index (κ1) is 18.1. The van der Waals surface area contributed by atoms with Crippen molar-refractivity contribution >= 4 is 5.91 Å². The lowest BCUT2D eigenvalue weighted by Crippen LogP contribution is -2.38. The van der Waals surface area contributed by atoms with Crippen LogP contribution in [0.15, 0.2) is 49.4 Å². The minimum absolute atomic E-state index is 0.118. The molecule has 8 nitrogen and oxygen atoms in total. The van der Waals surface area contributed by atoms with Gasteiger partial charge in [-0.15, -0.1) is 0 Å². The van der Waals surface area contributed by atoms with E-state index in [0.717, 1.165) is 36.9 Å². The van der Waals surface area contributed by atoms with Crippen LogP contribution < -0.4 is 10.1 Å². The van der Waals surface area contributed by atoms with Gasteiger partial charge < -0.3 is 10.1 Å². The van der Waals surface area contributed by atoms with Crippen LogP contribution in [-0.2, 0) is 0 Å². The first-order valence-electron chi connectivity index (χ1n) is 9.34. The van der Waals surface area contributed by atoms with Crippen molar-refractivity contribution in [1.82, 2.24) is 30.0 Å². The molecule has 0 atom stereocenters. The van der Waals surface area contributed by atoms with Gasteiger partial charge in [0.2, 0.25) is 0 Å². The molecule has 8 heteroatoms. The standard InChI is InChI=1S/C20H22N6O2/c1-28-19-11-21-8-6-17(19)20(27)25-15-2-4-16(5-3-15)26-12-14(10-24-26)18-7-9-22-13-23-18/h6-13,15-16H,2-5H2,1H3,(H,25,27). The summed E-state index contributed by atoms with van der Waals surface area (Å²) in [6, 6.07) is 4.04. The maximum absolute atomic E-state index is 12.6. The summed E-state index contributed by atoms with van der Waals surface area (Å²) in [5.74, 6) is 0.371. The number of aromatic nitrogens is 5. The van der Waals surface area contributed by atoms with E-state index >= 15 is 0 Å². The Morgan fingerprint density at radius 1 is 1.14 bits per heavy atom. The van der Waals surface area contributed by atoms with Gasteiger partial charge in [-0.3, -0.25) is 14.5 Å². The van der Waals surface area contributed by atoms with Crippen molar-refractivity contribution in [3.05, 3.63) is 55.0 Å². The second-order valence-electron chi connectivity index (χ2n) is 6.86. The average Bonchev–Trinajstić information content (AvgIpc) is 3.25. The van der Waals surface area contributed by atoms with Gasteiger partial charge in [0, 0.05) is 30.2 Å². The number of pyridine rings is 1. The lowest BCUT2D eigenvalue weighted by Gasteiger charge is -2.29. The molecule has 144 valence electrons. The first-order chi connectivity index (χ1) is 13.7. The molecular weight excluding hydrogens is 356 g/mol. The van der Waals surface area contributed by atoms with Crippen LogP contribution in [0.1, 0.15) is 42.1 Å². The summed E-state index contributed by atoms with van der Waals surface area (Å²) in [5, 5.41) is 7.64. The molecule has 0 radical (unpaired) electrons. The number of rotatable bonds is 5. The van der Waals surface area contributed by atoms with E-state index < -0.39 is 0 Å². The fraction of sp³-hybridized carbons (Fsp3) is 0.350. The molecule has 1 N–H and O–H groups in total. The number of nitrogens with one attached hydrogen (secondary N) is 1. The van der Waals surface area contributed by atoms with Crippen LogP contribution in [0, 0.1) is 0 Å². The predicted octanol–water partition coefficient (Wildman–Crippen LogP) is 2.66. The second kappa shape index (κ2) is 8.16. The second-order valence-corrected chi connectivity index (χ2v) is 6.86. The van der Waals surface area contributed by atoms with E-state index in [1.807, 2.05) is 23.1 Å². The third-order valence-corrected chi connectivity index (χ3v) is 5.13. The monoisotopic (exact) mass is 378 g/mol. The minimum atomic E-state index is -0.118. The van der Waals surface area contributed by atoms with Crippen LogP contribution in [-0.4, -0.2) is 43.8 Å². The van der Waals surface area contributed by atoms with Gasteiger partial charge in [-0.1, -0.05) is 0 Å². The molecule has 0 aromatic carbocycles. The van der Waals surface area contributed by atoms with Crippen molar-refractivity contribution in [2.75, 3.05) is 7.11 Å². The molecule has 4 rings (SSSR count). The van der Waals surface area contributed by atoms with Crippen LogP contribution in [0.3, 0.4) is 0 Å². The number of methoxy groups -OCH3 is 1. The van der Waals surface area contributed by atoms with Crippen LogP contribution >= 0.6 is 0 Å². The lowest BCUT2D eigenvalue weighted by atomic mass is 9.91. The third kappa shape index (κ3) is 3.85. The van der Waals surface area contributed by atoms with Crippen molar-refractivity contribution in [2.24, 2.45) is 0 Å². The van der Waals surface area contributed by atoms with Crippen LogP contribution in [0.5, 0.6) is 5.75 Å². The summed E-state index contributed by atoms with van der Waals surface area (Å²) >= 11 is 0. The summed E-state index contributed by atoms with van der Waals surface area (Å²) in [5.41, 5.74) is 2.37. The first-order valence-corrected chi connectivity index (χ1v) is 9.34. The summed E-state index contributed by atoms with van der Waals surface area (Å²) in [6.45, 7) is 0. The van der Waals surface area contributed by atoms with Gasteiger partial charge in [-0.25, -0.2) is 9.97 Å². The highest BCUT2D eigenvalue weighted by atomic mass is 16.5. The van der Waals surface area contributed by atoms with Crippen LogP contribution in [0.2, 0.25) is 0 Å². The zero-order valence-electron chi connectivity index (χ0n) is 15.7. The number of ether oxygens (including phenoxy) is 1. The zero-order chi connectivity index (χ0) is 19.3. The number of hydrogen-bond donors (Lipinski definition) is 1. The summed E-state index contributed by atoms with van der Waals surface area (Å²) < 4.78 is 7.24. The molecule has 1 fully saturated rings. The number of carbonyl (C=O) groups excluding carboxylic acids is 1. The molecule has 1 aliphatic rings. The number of nitrogens with zero attached hydrogens (tertiary/aromatic N) is 5. The smallest absolute Gasteiger partial charge is 0.255 e. The molecule has 1 aliphatic carbocycles. The highest BCUT2D eigenvalue weighted by molar-refractivity contribution is 5.96. The van der Waals surface area contributed by atoms with Crippen molar-refractivity contribution in [3.63, 3.8) is 0 Å². The molecule has 0 spiro atoms. The Bertz CT molecular complexity index is 935. The van der Waals surface area contributed by atoms with Crippen molar-refractivity contribution in [1.29, 1.82) is 0 Å². The van der Waals surface area contributed by atoms with Crippen molar-refractivity contribution in [3.8, 4) is 17.0 Å². The van der Waals surface area contributed by atoms with Crippen molar-refractivity contribution < 1.29 is 9.53 Å². The van der Waals surface area contributed by atoms with E-state index in [9.17, 15) is 4.79 Å². The summed E-state index contributed by atoms with van der Waals surface area (Å²) in [4.78, 5) is 24.8. The Balaban J connectivity index is 1.35. The van der Waals surface area contributed by atoms with E-state index in [0.29, 0.717) is 17.4 Å². The topological polar surface area (TPSA) is 94.8 Å². The van der Waals surface area contributed by atoms with Gasteiger partial charge in [0.1, 0.15) is 12.1 Å². The van der Waals surface area contributed by atoms with Gasteiger partial charge in [0.25, 0.3) is 5.91 Å². The summed E-state index contributed by atoms with van der Waals surface area (Å²) in [6.07, 6.45) is 14.0. The van der Waals surface area contributed by atoms with Crippen LogP contribution in [0.25, 0.3) is 11.3 Å². The fourth-order valence-electron chi connectivity index (χ4n) is 3.61. The molecule has 0 bridgehead atoms. The van der Waals surface area contributed by atoms with Gasteiger partial charge >= 0.3 is 0 Å². The maximum Gasteiger partial charge on any atom is 0.255 e. The highest BCUT2D eigenvalue weighted by Crippen LogP contribution is 2.29. The van der Waals surface area contributed by atoms with Gasteiger partial charge in [0.15, 0.2) is 0 Å². The normalized spacial score (nSPS) is 19.2. The predicted molar refractivity (Wildman–Crippen MR) is 103 cm³/mol. The lowest BCUT2D eigenvalue weighted by molar-refractivity contribution is 0.0918. The SMILES string of the molecule is COc1cnccc1C(=O)NC1CCC(n2cc(-c3ccncn3)cn2)CC1.